The standard InChI is InChI=1S/C20H25F2N3O2S/c21-14-2-1-3-16(14)23-11-8-15(22)19-17(9-11)24-18(25-20(19)27)10-28-13-6-4-12(26)5-7-13/h8-9,12-14,16,23,26H,1-7,10H2,(H,24,25,27)/t12?,13?,14-,16+/m1/s1. The maximum absolute atomic E-state index is 14.5. The van der Waals surface area contributed by atoms with Crippen molar-refractivity contribution in [2.45, 2.75) is 74.3 Å². The second-order valence-electron chi connectivity index (χ2n) is 7.80. The van der Waals surface area contributed by atoms with Crippen molar-refractivity contribution in [1.29, 1.82) is 0 Å². The van der Waals surface area contributed by atoms with Crippen molar-refractivity contribution in [2.75, 3.05) is 5.32 Å². The summed E-state index contributed by atoms with van der Waals surface area (Å²) in [6.07, 6.45) is 4.39. The first-order valence-corrected chi connectivity index (χ1v) is 11.0. The van der Waals surface area contributed by atoms with Crippen molar-refractivity contribution in [3.63, 3.8) is 0 Å². The molecule has 5 nitrogen and oxygen atoms in total. The number of fused-ring (bicyclic) bond motifs is 1. The molecule has 2 aliphatic rings. The van der Waals surface area contributed by atoms with Gasteiger partial charge in [0.15, 0.2) is 0 Å². The lowest BCUT2D eigenvalue weighted by Gasteiger charge is -2.24. The predicted molar refractivity (Wildman–Crippen MR) is 108 cm³/mol. The first-order chi connectivity index (χ1) is 13.5. The summed E-state index contributed by atoms with van der Waals surface area (Å²) >= 11 is 1.70. The van der Waals surface area contributed by atoms with Gasteiger partial charge in [0.2, 0.25) is 0 Å². The quantitative estimate of drug-likeness (QED) is 0.698. The van der Waals surface area contributed by atoms with E-state index in [-0.39, 0.29) is 23.0 Å². The molecule has 2 aliphatic carbocycles. The molecule has 1 aromatic heterocycles. The number of hydrogen-bond donors (Lipinski definition) is 3. The van der Waals surface area contributed by atoms with E-state index in [1.807, 2.05) is 0 Å². The van der Waals surface area contributed by atoms with Gasteiger partial charge in [0.1, 0.15) is 23.2 Å². The summed E-state index contributed by atoms with van der Waals surface area (Å²) in [5, 5.41) is 13.0. The first kappa shape index (κ1) is 19.6. The second-order valence-corrected chi connectivity index (χ2v) is 9.09. The molecule has 2 atom stereocenters. The second kappa shape index (κ2) is 8.37. The molecule has 3 N–H and O–H groups in total. The summed E-state index contributed by atoms with van der Waals surface area (Å²) in [5.74, 6) is 0.387. The minimum atomic E-state index is -0.938. The van der Waals surface area contributed by atoms with E-state index in [4.69, 9.17) is 0 Å². The van der Waals surface area contributed by atoms with Crippen LogP contribution in [0.25, 0.3) is 10.9 Å². The molecular formula is C20H25F2N3O2S. The summed E-state index contributed by atoms with van der Waals surface area (Å²) < 4.78 is 28.4. The number of H-pyrrole nitrogens is 1. The van der Waals surface area contributed by atoms with E-state index in [2.05, 4.69) is 15.3 Å². The average Bonchev–Trinajstić information content (AvgIpc) is 3.05. The summed E-state index contributed by atoms with van der Waals surface area (Å²) in [7, 11) is 0. The normalized spacial score (nSPS) is 28.0. The minimum Gasteiger partial charge on any atom is -0.393 e. The topological polar surface area (TPSA) is 78.0 Å². The largest absolute Gasteiger partial charge is 0.393 e. The molecule has 28 heavy (non-hydrogen) atoms. The number of nitrogens with one attached hydrogen (secondary N) is 2. The fourth-order valence-corrected chi connectivity index (χ4v) is 5.26. The Morgan fingerprint density at radius 1 is 1.21 bits per heavy atom. The van der Waals surface area contributed by atoms with Gasteiger partial charge in [-0.3, -0.25) is 4.79 Å². The highest BCUT2D eigenvalue weighted by Gasteiger charge is 2.27. The third-order valence-electron chi connectivity index (χ3n) is 5.69. The van der Waals surface area contributed by atoms with Crippen molar-refractivity contribution >= 4 is 28.4 Å². The molecule has 4 rings (SSSR count). The van der Waals surface area contributed by atoms with Crippen LogP contribution in [0.3, 0.4) is 0 Å². The average molecular weight is 410 g/mol. The molecule has 1 heterocycles. The van der Waals surface area contributed by atoms with E-state index in [1.54, 1.807) is 17.8 Å². The monoisotopic (exact) mass is 409 g/mol. The Labute approximate surface area is 166 Å². The van der Waals surface area contributed by atoms with E-state index >= 15 is 0 Å². The van der Waals surface area contributed by atoms with Gasteiger partial charge in [-0.1, -0.05) is 0 Å². The van der Waals surface area contributed by atoms with Crippen LogP contribution in [0.2, 0.25) is 0 Å². The highest BCUT2D eigenvalue weighted by molar-refractivity contribution is 7.99. The highest BCUT2D eigenvalue weighted by Crippen LogP contribution is 2.31. The van der Waals surface area contributed by atoms with E-state index in [0.717, 1.165) is 32.1 Å². The molecule has 0 radical (unpaired) electrons. The van der Waals surface area contributed by atoms with Gasteiger partial charge in [-0.2, -0.15) is 11.8 Å². The number of rotatable bonds is 5. The van der Waals surface area contributed by atoms with Crippen LogP contribution < -0.4 is 10.9 Å². The van der Waals surface area contributed by atoms with E-state index in [9.17, 15) is 18.7 Å². The van der Waals surface area contributed by atoms with Gasteiger partial charge in [-0.15, -0.1) is 0 Å². The molecule has 0 unspecified atom stereocenters. The van der Waals surface area contributed by atoms with Crippen LogP contribution in [0, 0.1) is 5.82 Å². The number of nitrogens with zero attached hydrogens (tertiary/aromatic N) is 1. The van der Waals surface area contributed by atoms with Crippen molar-refractivity contribution in [2.24, 2.45) is 0 Å². The number of benzene rings is 1. The molecule has 2 aromatic rings. The Hall–Kier alpha value is -1.67. The smallest absolute Gasteiger partial charge is 0.261 e. The third-order valence-corrected chi connectivity index (χ3v) is 7.08. The molecule has 0 bridgehead atoms. The molecule has 152 valence electrons. The van der Waals surface area contributed by atoms with Crippen molar-refractivity contribution in [3.05, 3.63) is 34.1 Å². The molecule has 8 heteroatoms. The first-order valence-electron chi connectivity index (χ1n) is 9.92. The van der Waals surface area contributed by atoms with Crippen molar-refractivity contribution < 1.29 is 13.9 Å². The maximum atomic E-state index is 14.5. The van der Waals surface area contributed by atoms with Gasteiger partial charge in [0.25, 0.3) is 5.56 Å². The Morgan fingerprint density at radius 3 is 2.71 bits per heavy atom. The number of halogens is 2. The van der Waals surface area contributed by atoms with Gasteiger partial charge >= 0.3 is 0 Å². The van der Waals surface area contributed by atoms with E-state index < -0.39 is 17.5 Å². The van der Waals surface area contributed by atoms with E-state index in [0.29, 0.717) is 35.4 Å². The zero-order chi connectivity index (χ0) is 19.7. The summed E-state index contributed by atoms with van der Waals surface area (Å²) in [6.45, 7) is 0. The third kappa shape index (κ3) is 4.33. The zero-order valence-electron chi connectivity index (χ0n) is 15.6. The fourth-order valence-electron chi connectivity index (χ4n) is 4.12. The van der Waals surface area contributed by atoms with E-state index in [1.165, 1.54) is 6.07 Å². The van der Waals surface area contributed by atoms with Gasteiger partial charge in [0.05, 0.1) is 23.4 Å². The Bertz CT molecular complexity index is 899. The molecule has 0 aliphatic heterocycles. The van der Waals surface area contributed by atoms with Gasteiger partial charge in [0, 0.05) is 10.9 Å². The fraction of sp³-hybridized carbons (Fsp3) is 0.600. The summed E-state index contributed by atoms with van der Waals surface area (Å²) in [4.78, 5) is 19.5. The lowest BCUT2D eigenvalue weighted by Crippen LogP contribution is -2.25. The van der Waals surface area contributed by atoms with Gasteiger partial charge in [-0.25, -0.2) is 13.8 Å². The Morgan fingerprint density at radius 2 is 2.00 bits per heavy atom. The number of aromatic nitrogens is 2. The SMILES string of the molecule is O=c1[nH]c(CSC2CCC(O)CC2)nc2cc(N[C@H]3CCC[C@H]3F)cc(F)c12. The summed E-state index contributed by atoms with van der Waals surface area (Å²) in [5.41, 5.74) is 0.250. The molecule has 2 fully saturated rings. The highest BCUT2D eigenvalue weighted by atomic mass is 32.2. The number of aliphatic hydroxyl groups excluding tert-OH is 1. The lowest BCUT2D eigenvalue weighted by molar-refractivity contribution is 0.132. The molecular weight excluding hydrogens is 384 g/mol. The van der Waals surface area contributed by atoms with Crippen LogP contribution in [0.15, 0.2) is 16.9 Å². The van der Waals surface area contributed by atoms with Crippen LogP contribution in [0.5, 0.6) is 0 Å². The molecule has 0 spiro atoms. The Kier molecular flexibility index (Phi) is 5.87. The Balaban J connectivity index is 1.53. The van der Waals surface area contributed by atoms with Crippen LogP contribution >= 0.6 is 11.8 Å². The maximum Gasteiger partial charge on any atom is 0.261 e. The number of anilines is 1. The zero-order valence-corrected chi connectivity index (χ0v) is 16.4. The predicted octanol–water partition coefficient (Wildman–Crippen LogP) is 3.90. The van der Waals surface area contributed by atoms with Crippen molar-refractivity contribution in [1.82, 2.24) is 9.97 Å². The van der Waals surface area contributed by atoms with Crippen LogP contribution in [0.1, 0.15) is 50.8 Å². The van der Waals surface area contributed by atoms with Crippen LogP contribution in [-0.2, 0) is 5.75 Å². The van der Waals surface area contributed by atoms with Gasteiger partial charge < -0.3 is 15.4 Å². The van der Waals surface area contributed by atoms with Crippen molar-refractivity contribution in [3.8, 4) is 0 Å². The van der Waals surface area contributed by atoms with Gasteiger partial charge in [-0.05, 0) is 57.1 Å². The molecule has 0 amide bonds. The number of aliphatic hydroxyl groups is 1. The molecule has 2 saturated carbocycles. The van der Waals surface area contributed by atoms with Crippen LogP contribution in [0.4, 0.5) is 14.5 Å². The number of hydrogen-bond acceptors (Lipinski definition) is 5. The van der Waals surface area contributed by atoms with Crippen LogP contribution in [-0.4, -0.2) is 38.6 Å². The number of thioether (sulfide) groups is 1. The number of alkyl halides is 1. The minimum absolute atomic E-state index is 0.0664. The lowest BCUT2D eigenvalue weighted by atomic mass is 9.97. The number of aromatic amines is 1. The molecule has 0 saturated heterocycles. The molecule has 1 aromatic carbocycles. The summed E-state index contributed by atoms with van der Waals surface area (Å²) in [6, 6.07) is 2.55.